The minimum absolute atomic E-state index is 0.802. The molecule has 0 aliphatic carbocycles. The van der Waals surface area contributed by atoms with Gasteiger partial charge in [-0.25, -0.2) is 0 Å². The van der Waals surface area contributed by atoms with Crippen LogP contribution < -0.4 is 0 Å². The van der Waals surface area contributed by atoms with Crippen molar-refractivity contribution in [2.45, 2.75) is 6.42 Å². The second kappa shape index (κ2) is 8.51. The van der Waals surface area contributed by atoms with Crippen LogP contribution in [0.4, 0.5) is 0 Å². The van der Waals surface area contributed by atoms with Crippen molar-refractivity contribution >= 4 is 16.5 Å². The zero-order chi connectivity index (χ0) is 8.53. The van der Waals surface area contributed by atoms with Crippen molar-refractivity contribution in [1.82, 2.24) is 3.88 Å². The van der Waals surface area contributed by atoms with Crippen LogP contribution in [-0.2, 0) is 9.47 Å². The first-order valence-corrected chi connectivity index (χ1v) is 4.88. The van der Waals surface area contributed by atoms with Crippen molar-refractivity contribution in [3.8, 4) is 0 Å². The van der Waals surface area contributed by atoms with Gasteiger partial charge in [-0.05, 0) is 13.5 Å². The smallest absolute Gasteiger partial charge is 0.321 e. The normalized spacial score (nSPS) is 10.8. The Bertz CT molecular complexity index is 80.8. The third kappa shape index (κ3) is 10.4. The maximum Gasteiger partial charge on any atom is 0.321 e. The fraction of sp³-hybridized carbons (Fsp3) is 1.00. The van der Waals surface area contributed by atoms with Crippen LogP contribution in [0.25, 0.3) is 0 Å². The second-order valence-electron chi connectivity index (χ2n) is 2.76. The summed E-state index contributed by atoms with van der Waals surface area (Å²) in [6, 6.07) is 0. The van der Waals surface area contributed by atoms with E-state index in [-0.39, 0.29) is 0 Å². The first-order chi connectivity index (χ1) is 5.27. The van der Waals surface area contributed by atoms with Crippen LogP contribution in [0.3, 0.4) is 0 Å². The van der Waals surface area contributed by atoms with E-state index >= 15 is 0 Å². The van der Waals surface area contributed by atoms with E-state index < -0.39 is 0 Å². The SMILES string of the molecule is COCCCOCC[N](C)[AlH2]. The van der Waals surface area contributed by atoms with Gasteiger partial charge in [0.1, 0.15) is 0 Å². The van der Waals surface area contributed by atoms with E-state index in [1.54, 1.807) is 7.11 Å². The van der Waals surface area contributed by atoms with Gasteiger partial charge in [0.05, 0.1) is 6.61 Å². The quantitative estimate of drug-likeness (QED) is 0.385. The molecule has 0 aromatic carbocycles. The van der Waals surface area contributed by atoms with Gasteiger partial charge in [-0.15, -0.1) is 0 Å². The lowest BCUT2D eigenvalue weighted by Gasteiger charge is -2.10. The van der Waals surface area contributed by atoms with Crippen molar-refractivity contribution < 1.29 is 9.47 Å². The van der Waals surface area contributed by atoms with Crippen LogP contribution in [0.5, 0.6) is 0 Å². The van der Waals surface area contributed by atoms with Gasteiger partial charge in [0.25, 0.3) is 0 Å². The molecule has 0 saturated carbocycles. The van der Waals surface area contributed by atoms with Crippen LogP contribution in [0.2, 0.25) is 0 Å². The maximum absolute atomic E-state index is 5.35. The Balaban J connectivity index is 2.80. The molecule has 0 saturated heterocycles. The molecule has 0 rings (SSSR count). The predicted octanol–water partition coefficient (Wildman–Crippen LogP) is -0.481. The van der Waals surface area contributed by atoms with E-state index in [2.05, 4.69) is 10.9 Å². The van der Waals surface area contributed by atoms with E-state index in [1.807, 2.05) is 0 Å². The summed E-state index contributed by atoms with van der Waals surface area (Å²) in [4.78, 5) is 0. The van der Waals surface area contributed by atoms with Crippen molar-refractivity contribution in [2.24, 2.45) is 0 Å². The maximum atomic E-state index is 5.35. The molecular weight excluding hydrogens is 157 g/mol. The van der Waals surface area contributed by atoms with Crippen LogP contribution >= 0.6 is 0 Å². The largest absolute Gasteiger partial charge is 0.391 e. The number of methoxy groups -OCH3 is 1. The van der Waals surface area contributed by atoms with Gasteiger partial charge in [-0.2, -0.15) is 0 Å². The van der Waals surface area contributed by atoms with Crippen LogP contribution in [0.15, 0.2) is 0 Å². The molecule has 0 N–H and O–H groups in total. The molecule has 0 fully saturated rings. The first kappa shape index (κ1) is 11.4. The summed E-state index contributed by atoms with van der Waals surface area (Å²) in [6.07, 6.45) is 1.00. The van der Waals surface area contributed by atoms with E-state index in [9.17, 15) is 0 Å². The number of ether oxygens (including phenoxy) is 2. The summed E-state index contributed by atoms with van der Waals surface area (Å²) in [5.74, 6) is 0. The fourth-order valence-corrected chi connectivity index (χ4v) is 0.837. The van der Waals surface area contributed by atoms with Gasteiger partial charge in [0.2, 0.25) is 0 Å². The van der Waals surface area contributed by atoms with Crippen LogP contribution in [0, 0.1) is 0 Å². The molecule has 0 aromatic rings. The Hall–Kier alpha value is 0.412. The third-order valence-electron chi connectivity index (χ3n) is 1.32. The highest BCUT2D eigenvalue weighted by molar-refractivity contribution is 6.04. The molecule has 0 aromatic heterocycles. The Morgan fingerprint density at radius 1 is 1.27 bits per heavy atom. The lowest BCUT2D eigenvalue weighted by Crippen LogP contribution is -2.20. The molecule has 0 spiro atoms. The number of likely N-dealkylation sites (N-methyl/N-ethyl adjacent to an activating group) is 1. The molecule has 4 heteroatoms. The Labute approximate surface area is 77.3 Å². The average molecular weight is 175 g/mol. The molecule has 0 amide bonds. The topological polar surface area (TPSA) is 21.7 Å². The van der Waals surface area contributed by atoms with Crippen molar-refractivity contribution in [1.29, 1.82) is 0 Å². The molecule has 0 aliphatic heterocycles. The van der Waals surface area contributed by atoms with Gasteiger partial charge >= 0.3 is 16.5 Å². The van der Waals surface area contributed by atoms with E-state index in [0.29, 0.717) is 0 Å². The second-order valence-corrected chi connectivity index (χ2v) is 4.29. The Kier molecular flexibility index (Phi) is 8.83. The fourth-order valence-electron chi connectivity index (χ4n) is 0.655. The standard InChI is InChI=1S/C7H16NO2.Al.2H/c1-8-4-7-10-6-3-5-9-2;;;/h3-7H2,1-2H3;;;/q-1;+1;;. The number of rotatable bonds is 7. The molecule has 0 bridgehead atoms. The summed E-state index contributed by atoms with van der Waals surface area (Å²) in [5, 5.41) is 0. The Morgan fingerprint density at radius 2 is 2.00 bits per heavy atom. The Morgan fingerprint density at radius 3 is 2.55 bits per heavy atom. The van der Waals surface area contributed by atoms with Gasteiger partial charge in [-0.3, -0.25) is 0 Å². The summed E-state index contributed by atoms with van der Waals surface area (Å²) in [6.45, 7) is 3.53. The third-order valence-corrected chi connectivity index (χ3v) is 1.77. The lowest BCUT2D eigenvalue weighted by molar-refractivity contribution is 0.0984. The molecule has 0 heterocycles. The zero-order valence-corrected chi connectivity index (χ0v) is 9.80. The average Bonchev–Trinajstić information content (AvgIpc) is 1.96. The van der Waals surface area contributed by atoms with Gasteiger partial charge in [-0.1, -0.05) is 0 Å². The lowest BCUT2D eigenvalue weighted by atomic mass is 10.5. The van der Waals surface area contributed by atoms with Crippen molar-refractivity contribution in [3.63, 3.8) is 0 Å². The van der Waals surface area contributed by atoms with E-state index in [4.69, 9.17) is 9.47 Å². The summed E-state index contributed by atoms with van der Waals surface area (Å²) in [5.41, 5.74) is 0. The molecular formula is C7H18AlNO2. The van der Waals surface area contributed by atoms with Gasteiger partial charge in [0.15, 0.2) is 0 Å². The van der Waals surface area contributed by atoms with E-state index in [1.165, 1.54) is 0 Å². The number of hydrogen-bond donors (Lipinski definition) is 0. The monoisotopic (exact) mass is 175 g/mol. The molecule has 66 valence electrons. The van der Waals surface area contributed by atoms with Crippen LogP contribution in [-0.4, -0.2) is 60.9 Å². The van der Waals surface area contributed by atoms with Gasteiger partial charge < -0.3 is 13.4 Å². The zero-order valence-electron chi connectivity index (χ0n) is 7.80. The molecule has 0 aliphatic rings. The van der Waals surface area contributed by atoms with Gasteiger partial charge in [0, 0.05) is 26.9 Å². The van der Waals surface area contributed by atoms with Crippen molar-refractivity contribution in [3.05, 3.63) is 0 Å². The first-order valence-electron chi connectivity index (χ1n) is 3.98. The molecule has 0 unspecified atom stereocenters. The molecule has 11 heavy (non-hydrogen) atoms. The molecule has 0 radical (unpaired) electrons. The van der Waals surface area contributed by atoms with Crippen LogP contribution in [0.1, 0.15) is 6.42 Å². The highest BCUT2D eigenvalue weighted by atomic mass is 27.1. The van der Waals surface area contributed by atoms with E-state index in [0.717, 1.165) is 49.3 Å². The highest BCUT2D eigenvalue weighted by Crippen LogP contribution is 1.83. The summed E-state index contributed by atoms with van der Waals surface area (Å²) >= 11 is 1.12. The predicted molar refractivity (Wildman–Crippen MR) is 48.5 cm³/mol. The minimum atomic E-state index is 0.802. The number of hydrogen-bond acceptors (Lipinski definition) is 3. The summed E-state index contributed by atoms with van der Waals surface area (Å²) < 4.78 is 12.5. The number of nitrogens with zero attached hydrogens (tertiary/aromatic N) is 1. The summed E-state index contributed by atoms with van der Waals surface area (Å²) in [7, 11) is 3.82. The minimum Gasteiger partial charge on any atom is -0.391 e. The highest BCUT2D eigenvalue weighted by Gasteiger charge is 1.90. The molecule has 3 nitrogen and oxygen atoms in total. The van der Waals surface area contributed by atoms with Crippen molar-refractivity contribution in [2.75, 3.05) is 40.5 Å². The molecule has 0 atom stereocenters.